The molecular formula is C16H22ClN3O2. The van der Waals surface area contributed by atoms with Gasteiger partial charge in [-0.05, 0) is 30.9 Å². The lowest BCUT2D eigenvalue weighted by Gasteiger charge is -2.34. The molecule has 2 fully saturated rings. The van der Waals surface area contributed by atoms with Crippen molar-refractivity contribution in [2.24, 2.45) is 0 Å². The maximum absolute atomic E-state index is 12.2. The predicted octanol–water partition coefficient (Wildman–Crippen LogP) is 1.46. The van der Waals surface area contributed by atoms with Crippen LogP contribution in [0.2, 0.25) is 0 Å². The van der Waals surface area contributed by atoms with Crippen molar-refractivity contribution in [1.82, 2.24) is 9.80 Å². The summed E-state index contributed by atoms with van der Waals surface area (Å²) in [5, 5.41) is 0. The highest BCUT2D eigenvalue weighted by Crippen LogP contribution is 2.28. The molecular weight excluding hydrogens is 302 g/mol. The third kappa shape index (κ3) is 3.71. The second-order valence-corrected chi connectivity index (χ2v) is 5.83. The number of benzene rings is 1. The van der Waals surface area contributed by atoms with Crippen LogP contribution in [0.4, 0.5) is 5.69 Å². The molecule has 1 heterocycles. The summed E-state index contributed by atoms with van der Waals surface area (Å²) < 4.78 is 0. The normalized spacial score (nSPS) is 18.1. The monoisotopic (exact) mass is 323 g/mol. The van der Waals surface area contributed by atoms with Gasteiger partial charge in [0.05, 0.1) is 6.54 Å². The summed E-state index contributed by atoms with van der Waals surface area (Å²) in [5.41, 5.74) is 7.60. The molecule has 2 N–H and O–H groups in total. The quantitative estimate of drug-likeness (QED) is 0.853. The van der Waals surface area contributed by atoms with E-state index < -0.39 is 0 Å². The van der Waals surface area contributed by atoms with E-state index in [1.54, 1.807) is 4.90 Å². The van der Waals surface area contributed by atoms with Crippen molar-refractivity contribution in [3.8, 4) is 0 Å². The smallest absolute Gasteiger partial charge is 0.242 e. The lowest BCUT2D eigenvalue weighted by molar-refractivity contribution is -0.145. The van der Waals surface area contributed by atoms with Crippen LogP contribution in [0.15, 0.2) is 24.3 Å². The summed E-state index contributed by atoms with van der Waals surface area (Å²) in [5.74, 6) is 0.137. The van der Waals surface area contributed by atoms with Crippen LogP contribution < -0.4 is 5.73 Å². The number of halogens is 1. The van der Waals surface area contributed by atoms with Crippen LogP contribution in [-0.2, 0) is 16.0 Å². The van der Waals surface area contributed by atoms with E-state index in [1.807, 2.05) is 29.2 Å². The third-order valence-corrected chi connectivity index (χ3v) is 4.26. The number of amides is 2. The van der Waals surface area contributed by atoms with Gasteiger partial charge in [0.1, 0.15) is 0 Å². The second kappa shape index (κ2) is 7.01. The lowest BCUT2D eigenvalue weighted by Crippen LogP contribution is -2.52. The SMILES string of the molecule is Cl.Nc1ccccc1CCC(=O)N1CCN(C2CC2)C(=O)C1. The maximum atomic E-state index is 12.2. The number of piperazine rings is 1. The van der Waals surface area contributed by atoms with Crippen molar-refractivity contribution < 1.29 is 9.59 Å². The van der Waals surface area contributed by atoms with E-state index in [-0.39, 0.29) is 30.8 Å². The van der Waals surface area contributed by atoms with Gasteiger partial charge in [0.15, 0.2) is 0 Å². The first-order valence-corrected chi connectivity index (χ1v) is 7.56. The van der Waals surface area contributed by atoms with Crippen molar-refractivity contribution in [2.75, 3.05) is 25.4 Å². The molecule has 2 amide bonds. The minimum atomic E-state index is 0. The molecule has 0 unspecified atom stereocenters. The number of nitrogen functional groups attached to an aromatic ring is 1. The fourth-order valence-corrected chi connectivity index (χ4v) is 2.83. The van der Waals surface area contributed by atoms with Crippen molar-refractivity contribution >= 4 is 29.9 Å². The van der Waals surface area contributed by atoms with Gasteiger partial charge < -0.3 is 15.5 Å². The van der Waals surface area contributed by atoms with Crippen LogP contribution in [0, 0.1) is 0 Å². The first-order valence-electron chi connectivity index (χ1n) is 7.56. The standard InChI is InChI=1S/C16H21N3O2.ClH/c17-14-4-2-1-3-12(14)5-8-15(20)18-9-10-19(13-6-7-13)16(21)11-18;/h1-4,13H,5-11,17H2;1H. The van der Waals surface area contributed by atoms with Crippen molar-refractivity contribution in [2.45, 2.75) is 31.7 Å². The third-order valence-electron chi connectivity index (χ3n) is 4.26. The Bertz CT molecular complexity index is 560. The summed E-state index contributed by atoms with van der Waals surface area (Å²) >= 11 is 0. The molecule has 120 valence electrons. The van der Waals surface area contributed by atoms with Gasteiger partial charge >= 0.3 is 0 Å². The Morgan fingerprint density at radius 1 is 1.23 bits per heavy atom. The Balaban J connectivity index is 0.00000176. The Kier molecular flexibility index (Phi) is 5.29. The minimum Gasteiger partial charge on any atom is -0.399 e. The number of carbonyl (C=O) groups is 2. The second-order valence-electron chi connectivity index (χ2n) is 5.83. The van der Waals surface area contributed by atoms with Crippen LogP contribution in [0.3, 0.4) is 0 Å². The van der Waals surface area contributed by atoms with Gasteiger partial charge in [0.25, 0.3) is 0 Å². The number of rotatable bonds is 4. The first kappa shape index (κ1) is 16.6. The Labute approximate surface area is 136 Å². The van der Waals surface area contributed by atoms with E-state index in [1.165, 1.54) is 0 Å². The van der Waals surface area contributed by atoms with E-state index in [0.717, 1.165) is 24.1 Å². The fourth-order valence-electron chi connectivity index (χ4n) is 2.83. The number of carbonyl (C=O) groups excluding carboxylic acids is 2. The Hall–Kier alpha value is -1.75. The van der Waals surface area contributed by atoms with Gasteiger partial charge in [-0.1, -0.05) is 18.2 Å². The molecule has 0 spiro atoms. The molecule has 1 saturated carbocycles. The molecule has 3 rings (SSSR count). The summed E-state index contributed by atoms with van der Waals surface area (Å²) in [6, 6.07) is 8.04. The molecule has 22 heavy (non-hydrogen) atoms. The molecule has 0 aromatic heterocycles. The van der Waals surface area contributed by atoms with Crippen LogP contribution in [0.25, 0.3) is 0 Å². The molecule has 1 aliphatic heterocycles. The number of nitrogens with zero attached hydrogens (tertiary/aromatic N) is 2. The van der Waals surface area contributed by atoms with E-state index >= 15 is 0 Å². The first-order chi connectivity index (χ1) is 10.1. The van der Waals surface area contributed by atoms with Gasteiger partial charge in [0.2, 0.25) is 11.8 Å². The number of anilines is 1. The van der Waals surface area contributed by atoms with E-state index in [4.69, 9.17) is 5.73 Å². The van der Waals surface area contributed by atoms with Crippen LogP contribution in [0.5, 0.6) is 0 Å². The molecule has 0 radical (unpaired) electrons. The van der Waals surface area contributed by atoms with Crippen molar-refractivity contribution in [3.05, 3.63) is 29.8 Å². The largest absolute Gasteiger partial charge is 0.399 e. The summed E-state index contributed by atoms with van der Waals surface area (Å²) in [6.07, 6.45) is 3.27. The maximum Gasteiger partial charge on any atom is 0.242 e. The zero-order valence-corrected chi connectivity index (χ0v) is 13.3. The number of hydrogen-bond acceptors (Lipinski definition) is 3. The van der Waals surface area contributed by atoms with Gasteiger partial charge in [-0.3, -0.25) is 9.59 Å². The average Bonchev–Trinajstić information content (AvgIpc) is 3.30. The molecule has 2 aliphatic rings. The van der Waals surface area contributed by atoms with Crippen molar-refractivity contribution in [1.29, 1.82) is 0 Å². The highest BCUT2D eigenvalue weighted by atomic mass is 35.5. The van der Waals surface area contributed by atoms with Crippen LogP contribution in [0.1, 0.15) is 24.8 Å². The number of hydrogen-bond donors (Lipinski definition) is 1. The molecule has 0 bridgehead atoms. The van der Waals surface area contributed by atoms with Crippen LogP contribution >= 0.6 is 12.4 Å². The number of nitrogens with two attached hydrogens (primary N) is 1. The number of aryl methyl sites for hydroxylation is 1. The van der Waals surface area contributed by atoms with Crippen molar-refractivity contribution in [3.63, 3.8) is 0 Å². The highest BCUT2D eigenvalue weighted by Gasteiger charge is 2.36. The lowest BCUT2D eigenvalue weighted by atomic mass is 10.1. The predicted molar refractivity (Wildman–Crippen MR) is 87.7 cm³/mol. The average molecular weight is 324 g/mol. The Morgan fingerprint density at radius 3 is 2.59 bits per heavy atom. The summed E-state index contributed by atoms with van der Waals surface area (Å²) in [7, 11) is 0. The summed E-state index contributed by atoms with van der Waals surface area (Å²) in [6.45, 7) is 1.58. The topological polar surface area (TPSA) is 66.6 Å². The molecule has 0 atom stereocenters. The van der Waals surface area contributed by atoms with E-state index in [9.17, 15) is 9.59 Å². The summed E-state index contributed by atoms with van der Waals surface area (Å²) in [4.78, 5) is 27.9. The molecule has 1 aromatic carbocycles. The Morgan fingerprint density at radius 2 is 1.95 bits per heavy atom. The van der Waals surface area contributed by atoms with Gasteiger partial charge in [-0.2, -0.15) is 0 Å². The molecule has 1 aliphatic carbocycles. The zero-order chi connectivity index (χ0) is 14.8. The molecule has 1 saturated heterocycles. The van der Waals surface area contributed by atoms with Gasteiger partial charge in [-0.15, -0.1) is 12.4 Å². The van der Waals surface area contributed by atoms with E-state index in [0.29, 0.717) is 32.0 Å². The minimum absolute atomic E-state index is 0. The van der Waals surface area contributed by atoms with Gasteiger partial charge in [0, 0.05) is 31.2 Å². The van der Waals surface area contributed by atoms with E-state index in [2.05, 4.69) is 0 Å². The highest BCUT2D eigenvalue weighted by molar-refractivity contribution is 5.86. The van der Waals surface area contributed by atoms with Gasteiger partial charge in [-0.25, -0.2) is 0 Å². The fraction of sp³-hybridized carbons (Fsp3) is 0.500. The number of para-hydroxylation sites is 1. The van der Waals surface area contributed by atoms with Crippen LogP contribution in [-0.4, -0.2) is 47.3 Å². The molecule has 1 aromatic rings. The molecule has 6 heteroatoms. The molecule has 5 nitrogen and oxygen atoms in total. The zero-order valence-electron chi connectivity index (χ0n) is 12.5.